The van der Waals surface area contributed by atoms with Gasteiger partial charge in [-0.25, -0.2) is 26.4 Å². The van der Waals surface area contributed by atoms with Gasteiger partial charge in [0.15, 0.2) is 5.54 Å². The molecular formula is C26H28N2O8S2. The summed E-state index contributed by atoms with van der Waals surface area (Å²) in [6, 6.07) is 16.0. The Morgan fingerprint density at radius 1 is 0.789 bits per heavy atom. The van der Waals surface area contributed by atoms with Gasteiger partial charge in [0.2, 0.25) is 20.0 Å². The zero-order valence-corrected chi connectivity index (χ0v) is 22.8. The van der Waals surface area contributed by atoms with Gasteiger partial charge in [-0.05, 0) is 69.7 Å². The topological polar surface area (TPSA) is 156 Å². The standard InChI is InChI=1S/C26H28N2O8S2/c1-17-5-13-22(14-6-17)37(32,33)27-19(3)24(29)36-21-11-9-20(10-12-21)26(4,25(30)31)28-38(34,35)23-15-7-18(2)8-16-23/h5-16,19,27-28H,1-4H3,(H,30,31)/t19-,26-/m0/s1. The van der Waals surface area contributed by atoms with E-state index in [4.69, 9.17) is 4.74 Å². The molecule has 0 aliphatic heterocycles. The third-order valence-electron chi connectivity index (χ3n) is 5.76. The second-order valence-electron chi connectivity index (χ2n) is 8.95. The van der Waals surface area contributed by atoms with E-state index in [-0.39, 0.29) is 21.1 Å². The summed E-state index contributed by atoms with van der Waals surface area (Å²) in [6.45, 7) is 6.13. The van der Waals surface area contributed by atoms with Gasteiger partial charge in [0.05, 0.1) is 9.79 Å². The number of aryl methyl sites for hydroxylation is 2. The summed E-state index contributed by atoms with van der Waals surface area (Å²) < 4.78 is 60.5. The molecule has 0 bridgehead atoms. The molecule has 0 saturated heterocycles. The monoisotopic (exact) mass is 560 g/mol. The minimum atomic E-state index is -4.19. The van der Waals surface area contributed by atoms with Gasteiger partial charge in [-0.3, -0.25) is 0 Å². The first-order valence-corrected chi connectivity index (χ1v) is 14.4. The van der Waals surface area contributed by atoms with Crippen LogP contribution >= 0.6 is 0 Å². The molecule has 12 heteroatoms. The van der Waals surface area contributed by atoms with Gasteiger partial charge in [0.25, 0.3) is 0 Å². The molecule has 0 saturated carbocycles. The first-order valence-electron chi connectivity index (χ1n) is 11.4. The van der Waals surface area contributed by atoms with Crippen LogP contribution in [0.1, 0.15) is 30.5 Å². The van der Waals surface area contributed by atoms with Gasteiger partial charge in [-0.1, -0.05) is 47.5 Å². The van der Waals surface area contributed by atoms with Crippen LogP contribution in [0.5, 0.6) is 5.75 Å². The van der Waals surface area contributed by atoms with Crippen LogP contribution in [-0.2, 0) is 35.2 Å². The Hall–Kier alpha value is -3.58. The van der Waals surface area contributed by atoms with E-state index in [2.05, 4.69) is 9.44 Å². The Morgan fingerprint density at radius 3 is 1.68 bits per heavy atom. The molecule has 0 radical (unpaired) electrons. The average Bonchev–Trinajstić information content (AvgIpc) is 2.84. The normalized spacial score (nSPS) is 14.3. The summed E-state index contributed by atoms with van der Waals surface area (Å²) >= 11 is 0. The predicted octanol–water partition coefficient (Wildman–Crippen LogP) is 2.85. The molecule has 38 heavy (non-hydrogen) atoms. The van der Waals surface area contributed by atoms with Crippen LogP contribution in [0.25, 0.3) is 0 Å². The third-order valence-corrected chi connectivity index (χ3v) is 8.89. The fraction of sp³-hybridized carbons (Fsp3) is 0.231. The fourth-order valence-corrected chi connectivity index (χ4v) is 5.95. The minimum absolute atomic E-state index is 0.00634. The van der Waals surface area contributed by atoms with Crippen molar-refractivity contribution in [2.45, 2.75) is 49.1 Å². The lowest BCUT2D eigenvalue weighted by atomic mass is 9.93. The minimum Gasteiger partial charge on any atom is -0.480 e. The molecule has 0 fully saturated rings. The quantitative estimate of drug-likeness (QED) is 0.252. The van der Waals surface area contributed by atoms with Gasteiger partial charge in [0.1, 0.15) is 11.8 Å². The fourth-order valence-electron chi connectivity index (χ4n) is 3.40. The Balaban J connectivity index is 1.74. The van der Waals surface area contributed by atoms with E-state index < -0.39 is 43.6 Å². The summed E-state index contributed by atoms with van der Waals surface area (Å²) in [4.78, 5) is 24.5. The van der Waals surface area contributed by atoms with E-state index in [1.54, 1.807) is 31.2 Å². The van der Waals surface area contributed by atoms with Crippen LogP contribution < -0.4 is 14.2 Å². The van der Waals surface area contributed by atoms with Crippen molar-refractivity contribution in [2.75, 3.05) is 0 Å². The van der Waals surface area contributed by atoms with Gasteiger partial charge in [-0.15, -0.1) is 0 Å². The largest absolute Gasteiger partial charge is 0.480 e. The molecule has 0 unspecified atom stereocenters. The number of hydrogen-bond donors (Lipinski definition) is 3. The lowest BCUT2D eigenvalue weighted by Crippen LogP contribution is -2.49. The first-order chi connectivity index (χ1) is 17.6. The lowest BCUT2D eigenvalue weighted by molar-refractivity contribution is -0.143. The maximum absolute atomic E-state index is 12.9. The van der Waals surface area contributed by atoms with Crippen LogP contribution in [0.15, 0.2) is 82.6 Å². The maximum Gasteiger partial charge on any atom is 0.329 e. The number of rotatable bonds is 10. The van der Waals surface area contributed by atoms with Crippen molar-refractivity contribution in [2.24, 2.45) is 0 Å². The molecule has 10 nitrogen and oxygen atoms in total. The number of nitrogens with one attached hydrogen (secondary N) is 2. The molecule has 0 aliphatic carbocycles. The Kier molecular flexibility index (Phi) is 8.42. The van der Waals surface area contributed by atoms with Crippen molar-refractivity contribution in [3.05, 3.63) is 89.5 Å². The smallest absolute Gasteiger partial charge is 0.329 e. The zero-order valence-electron chi connectivity index (χ0n) is 21.1. The van der Waals surface area contributed by atoms with Crippen molar-refractivity contribution >= 4 is 32.0 Å². The van der Waals surface area contributed by atoms with Gasteiger partial charge >= 0.3 is 11.9 Å². The summed E-state index contributed by atoms with van der Waals surface area (Å²) in [7, 11) is -8.17. The number of carbonyl (C=O) groups excluding carboxylic acids is 1. The number of carbonyl (C=O) groups is 2. The van der Waals surface area contributed by atoms with E-state index in [0.717, 1.165) is 11.1 Å². The van der Waals surface area contributed by atoms with E-state index in [1.165, 1.54) is 62.4 Å². The molecule has 0 amide bonds. The average molecular weight is 561 g/mol. The maximum atomic E-state index is 12.9. The summed E-state index contributed by atoms with van der Waals surface area (Å²) in [5.74, 6) is -2.33. The Morgan fingerprint density at radius 2 is 1.24 bits per heavy atom. The number of sulfonamides is 2. The molecule has 0 aromatic heterocycles. The number of carboxylic acids is 1. The Labute approximate surface area is 221 Å². The summed E-state index contributed by atoms with van der Waals surface area (Å²) in [5, 5.41) is 9.87. The van der Waals surface area contributed by atoms with Gasteiger partial charge < -0.3 is 9.84 Å². The van der Waals surface area contributed by atoms with Crippen LogP contribution in [-0.4, -0.2) is 39.9 Å². The van der Waals surface area contributed by atoms with Crippen molar-refractivity contribution < 1.29 is 36.3 Å². The van der Waals surface area contributed by atoms with Crippen LogP contribution in [0, 0.1) is 13.8 Å². The first kappa shape index (κ1) is 29.0. The highest BCUT2D eigenvalue weighted by atomic mass is 32.2. The molecule has 3 rings (SSSR count). The number of carboxylic acid groups (broad SMARTS) is 1. The second kappa shape index (κ2) is 11.0. The van der Waals surface area contributed by atoms with E-state index in [1.807, 2.05) is 6.92 Å². The second-order valence-corrected chi connectivity index (χ2v) is 12.3. The number of benzene rings is 3. The summed E-state index contributed by atoms with van der Waals surface area (Å²) in [5.41, 5.74) is -0.244. The highest BCUT2D eigenvalue weighted by Gasteiger charge is 2.40. The number of hydrogen-bond acceptors (Lipinski definition) is 7. The third kappa shape index (κ3) is 6.64. The molecule has 3 aromatic rings. The van der Waals surface area contributed by atoms with E-state index >= 15 is 0 Å². The SMILES string of the molecule is Cc1ccc(S(=O)(=O)N[C@@H](C)C(=O)Oc2ccc([C@](C)(NS(=O)(=O)c3ccc(C)cc3)C(=O)O)cc2)cc1. The summed E-state index contributed by atoms with van der Waals surface area (Å²) in [6.07, 6.45) is 0. The van der Waals surface area contributed by atoms with Crippen LogP contribution in [0.3, 0.4) is 0 Å². The van der Waals surface area contributed by atoms with Crippen molar-refractivity contribution in [3.63, 3.8) is 0 Å². The highest BCUT2D eigenvalue weighted by molar-refractivity contribution is 7.89. The molecule has 2 atom stereocenters. The molecule has 3 aromatic carbocycles. The van der Waals surface area contributed by atoms with Crippen molar-refractivity contribution in [1.82, 2.24) is 9.44 Å². The number of ether oxygens (including phenoxy) is 1. The molecular weight excluding hydrogens is 532 g/mol. The number of aliphatic carboxylic acids is 1. The van der Waals surface area contributed by atoms with Gasteiger partial charge in [0, 0.05) is 0 Å². The van der Waals surface area contributed by atoms with Crippen LogP contribution in [0.4, 0.5) is 0 Å². The molecule has 0 aliphatic rings. The molecule has 0 spiro atoms. The van der Waals surface area contributed by atoms with E-state index in [0.29, 0.717) is 0 Å². The highest BCUT2D eigenvalue weighted by Crippen LogP contribution is 2.27. The van der Waals surface area contributed by atoms with Crippen molar-refractivity contribution in [3.8, 4) is 5.75 Å². The number of esters is 1. The van der Waals surface area contributed by atoms with Gasteiger partial charge in [-0.2, -0.15) is 9.44 Å². The lowest BCUT2D eigenvalue weighted by Gasteiger charge is -2.26. The molecule has 3 N–H and O–H groups in total. The molecule has 202 valence electrons. The molecule has 0 heterocycles. The van der Waals surface area contributed by atoms with Crippen molar-refractivity contribution in [1.29, 1.82) is 0 Å². The zero-order chi connectivity index (χ0) is 28.3. The van der Waals surface area contributed by atoms with Crippen LogP contribution in [0.2, 0.25) is 0 Å². The van der Waals surface area contributed by atoms with E-state index in [9.17, 15) is 31.5 Å². The predicted molar refractivity (Wildman–Crippen MR) is 140 cm³/mol. The Bertz CT molecular complexity index is 1530.